The average molecular weight is 436 g/mol. The highest BCUT2D eigenvalue weighted by Crippen LogP contribution is 2.27. The third kappa shape index (κ3) is 4.06. The molecule has 0 bridgehead atoms. The summed E-state index contributed by atoms with van der Waals surface area (Å²) >= 11 is 0. The molecule has 6 heteroatoms. The van der Waals surface area contributed by atoms with Gasteiger partial charge in [0, 0.05) is 29.7 Å². The van der Waals surface area contributed by atoms with Crippen molar-refractivity contribution in [1.82, 2.24) is 9.88 Å². The molecule has 1 aromatic heterocycles. The topological polar surface area (TPSA) is 77.4 Å². The van der Waals surface area contributed by atoms with Crippen LogP contribution in [-0.2, 0) is 20.9 Å². The number of nitrogens with zero attached hydrogens (tertiary/aromatic N) is 1. The number of hydrogen-bond donors (Lipinski definition) is 1. The van der Waals surface area contributed by atoms with E-state index in [2.05, 4.69) is 29.6 Å². The number of Topliss-reactive ketones (excluding diaryl/α,β-unsaturated/α-hetero) is 1. The highest BCUT2D eigenvalue weighted by molar-refractivity contribution is 6.45. The van der Waals surface area contributed by atoms with E-state index in [1.165, 1.54) is 6.08 Å². The van der Waals surface area contributed by atoms with Crippen LogP contribution in [0.1, 0.15) is 15.9 Å². The normalized spacial score (nSPS) is 13.0. The summed E-state index contributed by atoms with van der Waals surface area (Å²) in [5.74, 6) is -2.00. The van der Waals surface area contributed by atoms with Gasteiger partial charge in [-0.2, -0.15) is 0 Å². The second-order valence-corrected chi connectivity index (χ2v) is 7.77. The van der Waals surface area contributed by atoms with Crippen molar-refractivity contribution in [3.05, 3.63) is 108 Å². The molecule has 1 aliphatic heterocycles. The fourth-order valence-corrected chi connectivity index (χ4v) is 4.07. The van der Waals surface area contributed by atoms with E-state index >= 15 is 0 Å². The maximum atomic E-state index is 13.0. The predicted molar refractivity (Wildman–Crippen MR) is 124 cm³/mol. The molecule has 4 aromatic rings. The lowest BCUT2D eigenvalue weighted by atomic mass is 10.00. The first-order valence-corrected chi connectivity index (χ1v) is 10.5. The molecule has 33 heavy (non-hydrogen) atoms. The van der Waals surface area contributed by atoms with Crippen LogP contribution < -0.4 is 5.32 Å². The van der Waals surface area contributed by atoms with Crippen LogP contribution in [0.2, 0.25) is 0 Å². The summed E-state index contributed by atoms with van der Waals surface area (Å²) < 4.78 is 6.76. The maximum absolute atomic E-state index is 13.0. The molecule has 0 saturated heterocycles. The zero-order chi connectivity index (χ0) is 22.8. The van der Waals surface area contributed by atoms with Gasteiger partial charge in [-0.15, -0.1) is 0 Å². The number of carbonyl (C=O) groups is 3. The monoisotopic (exact) mass is 436 g/mol. The lowest BCUT2D eigenvalue weighted by Gasteiger charge is -2.11. The summed E-state index contributed by atoms with van der Waals surface area (Å²) in [4.78, 5) is 36.8. The van der Waals surface area contributed by atoms with Gasteiger partial charge in [-0.05, 0) is 22.8 Å². The highest BCUT2D eigenvalue weighted by atomic mass is 16.5. The van der Waals surface area contributed by atoms with Crippen LogP contribution in [0, 0.1) is 0 Å². The summed E-state index contributed by atoms with van der Waals surface area (Å²) in [6.45, 7) is 0.490. The zero-order valence-electron chi connectivity index (χ0n) is 17.7. The largest absolute Gasteiger partial charge is 0.456 e. The van der Waals surface area contributed by atoms with Crippen molar-refractivity contribution >= 4 is 28.6 Å². The lowest BCUT2D eigenvalue weighted by molar-refractivity contribution is -0.135. The third-order valence-corrected chi connectivity index (χ3v) is 5.62. The summed E-state index contributed by atoms with van der Waals surface area (Å²) in [6.07, 6.45) is 2.90. The third-order valence-electron chi connectivity index (χ3n) is 5.62. The van der Waals surface area contributed by atoms with Gasteiger partial charge in [-0.3, -0.25) is 9.59 Å². The molecular weight excluding hydrogens is 416 g/mol. The van der Waals surface area contributed by atoms with Crippen molar-refractivity contribution < 1.29 is 19.1 Å². The minimum Gasteiger partial charge on any atom is -0.456 e. The number of fused-ring (bicyclic) bond motifs is 1. The van der Waals surface area contributed by atoms with E-state index in [-0.39, 0.29) is 12.3 Å². The van der Waals surface area contributed by atoms with E-state index in [1.807, 2.05) is 59.2 Å². The molecule has 3 aromatic carbocycles. The number of rotatable bonds is 6. The molecule has 0 atom stereocenters. The molecule has 0 spiro atoms. The number of cyclic esters (lactones) is 1. The number of ether oxygens (including phenoxy) is 1. The minimum absolute atomic E-state index is 0.0458. The molecule has 0 aliphatic carbocycles. The van der Waals surface area contributed by atoms with Gasteiger partial charge in [0.15, 0.2) is 0 Å². The Morgan fingerprint density at radius 3 is 2.42 bits per heavy atom. The maximum Gasteiger partial charge on any atom is 0.333 e. The molecule has 5 rings (SSSR count). The van der Waals surface area contributed by atoms with Crippen LogP contribution in [0.5, 0.6) is 0 Å². The van der Waals surface area contributed by atoms with Crippen molar-refractivity contribution in [3.63, 3.8) is 0 Å². The van der Waals surface area contributed by atoms with Crippen molar-refractivity contribution in [1.29, 1.82) is 0 Å². The van der Waals surface area contributed by atoms with Gasteiger partial charge in [0.05, 0.1) is 11.3 Å². The van der Waals surface area contributed by atoms with Crippen LogP contribution in [0.3, 0.4) is 0 Å². The smallest absolute Gasteiger partial charge is 0.333 e. The van der Waals surface area contributed by atoms with Crippen LogP contribution in [-0.4, -0.2) is 28.8 Å². The number of nitrogens with one attached hydrogen (secondary N) is 1. The van der Waals surface area contributed by atoms with E-state index in [4.69, 9.17) is 4.74 Å². The molecule has 0 fully saturated rings. The van der Waals surface area contributed by atoms with Gasteiger partial charge in [0.2, 0.25) is 0 Å². The predicted octanol–water partition coefficient (Wildman–Crippen LogP) is 4.10. The lowest BCUT2D eigenvalue weighted by Crippen LogP contribution is -2.31. The number of hydrogen-bond acceptors (Lipinski definition) is 4. The molecular formula is C27H20N2O4. The van der Waals surface area contributed by atoms with E-state index < -0.39 is 17.7 Å². The fraction of sp³-hybridized carbons (Fsp3) is 0.0741. The zero-order valence-corrected chi connectivity index (χ0v) is 17.7. The van der Waals surface area contributed by atoms with Gasteiger partial charge in [-0.25, -0.2) is 4.79 Å². The van der Waals surface area contributed by atoms with Gasteiger partial charge in [-0.1, -0.05) is 72.8 Å². The standard InChI is InChI=1S/C27H20N2O4/c30-25-14-20(17-33-25)28-27(32)26(31)23-16-29(24-13-7-6-12-22(23)24)15-19-10-4-5-11-21(19)18-8-2-1-3-9-18/h1-14,16H,15,17H2,(H,28,32). The van der Waals surface area contributed by atoms with Crippen molar-refractivity contribution in [2.45, 2.75) is 6.54 Å². The van der Waals surface area contributed by atoms with Gasteiger partial charge < -0.3 is 14.6 Å². The van der Waals surface area contributed by atoms with Crippen LogP contribution >= 0.6 is 0 Å². The van der Waals surface area contributed by atoms with E-state index in [9.17, 15) is 14.4 Å². The van der Waals surface area contributed by atoms with E-state index in [0.717, 1.165) is 22.2 Å². The fourth-order valence-electron chi connectivity index (χ4n) is 4.07. The Morgan fingerprint density at radius 2 is 1.64 bits per heavy atom. The Balaban J connectivity index is 1.49. The summed E-state index contributed by atoms with van der Waals surface area (Å²) in [5, 5.41) is 3.18. The van der Waals surface area contributed by atoms with Gasteiger partial charge >= 0.3 is 5.97 Å². The first-order valence-electron chi connectivity index (χ1n) is 10.5. The van der Waals surface area contributed by atoms with Crippen LogP contribution in [0.25, 0.3) is 22.0 Å². The molecule has 6 nitrogen and oxygen atoms in total. The number of para-hydroxylation sites is 1. The Hall–Kier alpha value is -4.45. The van der Waals surface area contributed by atoms with Crippen molar-refractivity contribution in [2.24, 2.45) is 0 Å². The van der Waals surface area contributed by atoms with Gasteiger partial charge in [0.1, 0.15) is 6.61 Å². The van der Waals surface area contributed by atoms with Crippen LogP contribution in [0.4, 0.5) is 0 Å². The quantitative estimate of drug-likeness (QED) is 0.281. The number of aromatic nitrogens is 1. The number of carbonyl (C=O) groups excluding carboxylic acids is 3. The number of ketones is 1. The van der Waals surface area contributed by atoms with Crippen molar-refractivity contribution in [2.75, 3.05) is 6.61 Å². The van der Waals surface area contributed by atoms with Crippen molar-refractivity contribution in [3.8, 4) is 11.1 Å². The second-order valence-electron chi connectivity index (χ2n) is 7.77. The summed E-state index contributed by atoms with van der Waals surface area (Å²) in [7, 11) is 0. The molecule has 162 valence electrons. The first-order chi connectivity index (χ1) is 16.1. The molecule has 0 radical (unpaired) electrons. The highest BCUT2D eigenvalue weighted by Gasteiger charge is 2.24. The Labute approximate surface area is 190 Å². The molecule has 1 aliphatic rings. The summed E-state index contributed by atoms with van der Waals surface area (Å²) in [6, 6.07) is 25.8. The number of benzene rings is 3. The Kier molecular flexibility index (Phi) is 5.32. The number of amides is 1. The average Bonchev–Trinajstić information content (AvgIpc) is 3.42. The first kappa shape index (κ1) is 20.5. The van der Waals surface area contributed by atoms with Crippen LogP contribution in [0.15, 0.2) is 96.8 Å². The SMILES string of the molecule is O=C1C=C(NC(=O)C(=O)c2cn(Cc3ccccc3-c3ccccc3)c3ccccc23)CO1. The molecule has 2 heterocycles. The molecule has 0 unspecified atom stereocenters. The summed E-state index contributed by atoms with van der Waals surface area (Å²) in [5.41, 5.74) is 4.76. The second kappa shape index (κ2) is 8.59. The van der Waals surface area contributed by atoms with E-state index in [1.54, 1.807) is 6.20 Å². The Morgan fingerprint density at radius 1 is 0.909 bits per heavy atom. The number of esters is 1. The minimum atomic E-state index is -0.799. The van der Waals surface area contributed by atoms with Gasteiger partial charge in [0.25, 0.3) is 11.7 Å². The Bertz CT molecular complexity index is 1420. The van der Waals surface area contributed by atoms with E-state index in [0.29, 0.717) is 17.5 Å². The molecule has 1 N–H and O–H groups in total. The molecule has 1 amide bonds. The molecule has 0 saturated carbocycles.